The standard InChI is InChI=1S/C16H19N3O3S/c20-13(17-7-10-3-2-6-21-10)8-22-15-14-11-4-1-5-12(11)23-16(14)19-9-18-15/h9-10H,1-8H2,(H,17,20). The van der Waals surface area contributed by atoms with Gasteiger partial charge in [-0.25, -0.2) is 9.97 Å². The van der Waals surface area contributed by atoms with Crippen molar-refractivity contribution in [3.05, 3.63) is 16.8 Å². The second-order valence-corrected chi connectivity index (χ2v) is 7.03. The first-order chi connectivity index (χ1) is 11.3. The lowest BCUT2D eigenvalue weighted by molar-refractivity contribution is -0.123. The van der Waals surface area contributed by atoms with Crippen LogP contribution in [0.1, 0.15) is 29.7 Å². The van der Waals surface area contributed by atoms with E-state index in [2.05, 4.69) is 15.3 Å². The van der Waals surface area contributed by atoms with Crippen LogP contribution in [-0.4, -0.2) is 41.7 Å². The zero-order chi connectivity index (χ0) is 15.6. The minimum absolute atomic E-state index is 0.0244. The first-order valence-electron chi connectivity index (χ1n) is 8.07. The van der Waals surface area contributed by atoms with Crippen LogP contribution in [0.2, 0.25) is 0 Å². The number of nitrogens with zero attached hydrogens (tertiary/aromatic N) is 2. The van der Waals surface area contributed by atoms with Crippen LogP contribution in [0.15, 0.2) is 6.33 Å². The van der Waals surface area contributed by atoms with E-state index in [1.54, 1.807) is 11.3 Å². The smallest absolute Gasteiger partial charge is 0.258 e. The number of hydrogen-bond donors (Lipinski definition) is 1. The van der Waals surface area contributed by atoms with Crippen LogP contribution in [0.3, 0.4) is 0 Å². The molecule has 2 aromatic heterocycles. The van der Waals surface area contributed by atoms with E-state index in [0.717, 1.165) is 42.5 Å². The zero-order valence-corrected chi connectivity index (χ0v) is 13.7. The van der Waals surface area contributed by atoms with Gasteiger partial charge in [0.2, 0.25) is 5.88 Å². The van der Waals surface area contributed by atoms with Crippen molar-refractivity contribution in [2.24, 2.45) is 0 Å². The summed E-state index contributed by atoms with van der Waals surface area (Å²) in [6.07, 6.45) is 7.06. The molecule has 1 aliphatic heterocycles. The highest BCUT2D eigenvalue weighted by Crippen LogP contribution is 2.39. The third-order valence-electron chi connectivity index (χ3n) is 4.36. The number of carbonyl (C=O) groups excluding carboxylic acids is 1. The summed E-state index contributed by atoms with van der Waals surface area (Å²) < 4.78 is 11.2. The van der Waals surface area contributed by atoms with Crippen molar-refractivity contribution >= 4 is 27.5 Å². The van der Waals surface area contributed by atoms with Crippen molar-refractivity contribution in [3.63, 3.8) is 0 Å². The molecule has 0 radical (unpaired) electrons. The fourth-order valence-corrected chi connectivity index (χ4v) is 4.45. The molecule has 4 rings (SSSR count). The number of thiophene rings is 1. The molecular formula is C16H19N3O3S. The summed E-state index contributed by atoms with van der Waals surface area (Å²) >= 11 is 1.71. The molecule has 2 aromatic rings. The molecule has 23 heavy (non-hydrogen) atoms. The van der Waals surface area contributed by atoms with Gasteiger partial charge < -0.3 is 14.8 Å². The SMILES string of the molecule is O=C(COc1ncnc2sc3c(c12)CCC3)NCC1CCCO1. The van der Waals surface area contributed by atoms with E-state index >= 15 is 0 Å². The van der Waals surface area contributed by atoms with Crippen molar-refractivity contribution in [2.75, 3.05) is 19.8 Å². The normalized spacial score (nSPS) is 19.9. The molecule has 3 heterocycles. The molecule has 0 aromatic carbocycles. The lowest BCUT2D eigenvalue weighted by atomic mass is 10.2. The minimum atomic E-state index is -0.140. The fraction of sp³-hybridized carbons (Fsp3) is 0.562. The molecule has 122 valence electrons. The van der Waals surface area contributed by atoms with Crippen molar-refractivity contribution in [1.29, 1.82) is 0 Å². The summed E-state index contributed by atoms with van der Waals surface area (Å²) in [5, 5.41) is 3.86. The van der Waals surface area contributed by atoms with E-state index < -0.39 is 0 Å². The average Bonchev–Trinajstić information content (AvgIpc) is 3.26. The van der Waals surface area contributed by atoms with Gasteiger partial charge in [-0.2, -0.15) is 0 Å². The first-order valence-corrected chi connectivity index (χ1v) is 8.89. The van der Waals surface area contributed by atoms with Gasteiger partial charge in [0.05, 0.1) is 11.5 Å². The molecule has 7 heteroatoms. The van der Waals surface area contributed by atoms with Crippen molar-refractivity contribution in [3.8, 4) is 5.88 Å². The van der Waals surface area contributed by atoms with Gasteiger partial charge in [-0.3, -0.25) is 4.79 Å². The number of amides is 1. The Kier molecular flexibility index (Phi) is 4.13. The number of fused-ring (bicyclic) bond motifs is 3. The summed E-state index contributed by atoms with van der Waals surface area (Å²) in [6, 6.07) is 0. The number of aromatic nitrogens is 2. The van der Waals surface area contributed by atoms with Crippen LogP contribution in [0.5, 0.6) is 5.88 Å². The van der Waals surface area contributed by atoms with Crippen LogP contribution >= 0.6 is 11.3 Å². The van der Waals surface area contributed by atoms with E-state index in [1.165, 1.54) is 23.2 Å². The maximum absolute atomic E-state index is 11.9. The lowest BCUT2D eigenvalue weighted by Gasteiger charge is -2.11. The molecular weight excluding hydrogens is 314 g/mol. The van der Waals surface area contributed by atoms with Gasteiger partial charge >= 0.3 is 0 Å². The Balaban J connectivity index is 1.40. The number of hydrogen-bond acceptors (Lipinski definition) is 6. The van der Waals surface area contributed by atoms with Gasteiger partial charge in [-0.1, -0.05) is 0 Å². The largest absolute Gasteiger partial charge is 0.467 e. The minimum Gasteiger partial charge on any atom is -0.467 e. The fourth-order valence-electron chi connectivity index (χ4n) is 3.23. The maximum atomic E-state index is 11.9. The topological polar surface area (TPSA) is 73.3 Å². The van der Waals surface area contributed by atoms with Crippen LogP contribution in [0.4, 0.5) is 0 Å². The second kappa shape index (κ2) is 6.41. The Labute approximate surface area is 138 Å². The Morgan fingerprint density at radius 2 is 2.35 bits per heavy atom. The van der Waals surface area contributed by atoms with Gasteiger partial charge in [-0.15, -0.1) is 11.3 Å². The molecule has 1 atom stereocenters. The zero-order valence-electron chi connectivity index (χ0n) is 12.8. The van der Waals surface area contributed by atoms with Gasteiger partial charge in [0, 0.05) is 18.0 Å². The number of ether oxygens (including phenoxy) is 2. The third-order valence-corrected chi connectivity index (χ3v) is 5.56. The predicted octanol–water partition coefficient (Wildman–Crippen LogP) is 1.85. The molecule has 1 saturated heterocycles. The molecule has 6 nitrogen and oxygen atoms in total. The summed E-state index contributed by atoms with van der Waals surface area (Å²) in [5.41, 5.74) is 1.31. The summed E-state index contributed by atoms with van der Waals surface area (Å²) in [5.74, 6) is 0.390. The van der Waals surface area contributed by atoms with Crippen LogP contribution < -0.4 is 10.1 Å². The summed E-state index contributed by atoms with van der Waals surface area (Å²) in [4.78, 5) is 22.9. The number of nitrogens with one attached hydrogen (secondary N) is 1. The Hall–Kier alpha value is -1.73. The Bertz CT molecular complexity index is 725. The monoisotopic (exact) mass is 333 g/mol. The first kappa shape index (κ1) is 14.8. The molecule has 1 N–H and O–H groups in total. The third kappa shape index (κ3) is 3.03. The van der Waals surface area contributed by atoms with Gasteiger partial charge in [-0.05, 0) is 37.7 Å². The molecule has 1 aliphatic carbocycles. The second-order valence-electron chi connectivity index (χ2n) is 5.94. The van der Waals surface area contributed by atoms with Crippen molar-refractivity contribution in [2.45, 2.75) is 38.2 Å². The van der Waals surface area contributed by atoms with Crippen LogP contribution in [0.25, 0.3) is 10.2 Å². The summed E-state index contributed by atoms with van der Waals surface area (Å²) in [6.45, 7) is 1.32. The maximum Gasteiger partial charge on any atom is 0.258 e. The van der Waals surface area contributed by atoms with E-state index in [-0.39, 0.29) is 18.6 Å². The van der Waals surface area contributed by atoms with Gasteiger partial charge in [0.1, 0.15) is 11.2 Å². The highest BCUT2D eigenvalue weighted by Gasteiger charge is 2.22. The van der Waals surface area contributed by atoms with Gasteiger partial charge in [0.25, 0.3) is 5.91 Å². The highest BCUT2D eigenvalue weighted by atomic mass is 32.1. The Morgan fingerprint density at radius 1 is 1.39 bits per heavy atom. The van der Waals surface area contributed by atoms with Crippen molar-refractivity contribution in [1.82, 2.24) is 15.3 Å². The lowest BCUT2D eigenvalue weighted by Crippen LogP contribution is -2.35. The van der Waals surface area contributed by atoms with E-state index in [1.807, 2.05) is 0 Å². The van der Waals surface area contributed by atoms with Gasteiger partial charge in [0.15, 0.2) is 6.61 Å². The Morgan fingerprint density at radius 3 is 3.22 bits per heavy atom. The molecule has 0 bridgehead atoms. The number of aryl methyl sites for hydroxylation is 2. The van der Waals surface area contributed by atoms with E-state index in [9.17, 15) is 4.79 Å². The van der Waals surface area contributed by atoms with E-state index in [4.69, 9.17) is 9.47 Å². The van der Waals surface area contributed by atoms with Crippen LogP contribution in [-0.2, 0) is 22.4 Å². The quantitative estimate of drug-likeness (QED) is 0.904. The van der Waals surface area contributed by atoms with Crippen molar-refractivity contribution < 1.29 is 14.3 Å². The van der Waals surface area contributed by atoms with Crippen LogP contribution in [0, 0.1) is 0 Å². The molecule has 1 fully saturated rings. The molecule has 0 saturated carbocycles. The van der Waals surface area contributed by atoms with E-state index in [0.29, 0.717) is 12.4 Å². The highest BCUT2D eigenvalue weighted by molar-refractivity contribution is 7.18. The predicted molar refractivity (Wildman–Crippen MR) is 86.9 cm³/mol. The average molecular weight is 333 g/mol. The number of carbonyl (C=O) groups is 1. The molecule has 2 aliphatic rings. The molecule has 1 unspecified atom stereocenters. The summed E-state index contributed by atoms with van der Waals surface area (Å²) in [7, 11) is 0. The molecule has 1 amide bonds. The molecule has 0 spiro atoms. The number of rotatable bonds is 5.